The highest BCUT2D eigenvalue weighted by Gasteiger charge is 2.38. The summed E-state index contributed by atoms with van der Waals surface area (Å²) in [5.41, 5.74) is 1.95. The second-order valence-corrected chi connectivity index (χ2v) is 8.50. The first-order valence-corrected chi connectivity index (χ1v) is 11.6. The summed E-state index contributed by atoms with van der Waals surface area (Å²) in [5, 5.41) is 2.81. The third-order valence-electron chi connectivity index (χ3n) is 6.21. The standard InChI is InChI=1S/C28H27N3O6/c1-18(27(34)29-20-10-14-22(37-3)15-11-20)30(16-19-8-12-21(36-2)13-9-19)25(32)17-31-24-7-5-4-6-23(24)26(33)28(31)35/h4-15,18H,16-17H2,1-3H3,(H,29,34). The van der Waals surface area contributed by atoms with Crippen LogP contribution in [0.5, 0.6) is 11.5 Å². The van der Waals surface area contributed by atoms with Crippen LogP contribution in [0.15, 0.2) is 72.8 Å². The summed E-state index contributed by atoms with van der Waals surface area (Å²) in [5.74, 6) is -1.01. The number of ketones is 1. The Labute approximate surface area is 214 Å². The molecule has 0 saturated carbocycles. The van der Waals surface area contributed by atoms with E-state index in [0.29, 0.717) is 22.9 Å². The van der Waals surface area contributed by atoms with Gasteiger partial charge in [-0.05, 0) is 61.0 Å². The van der Waals surface area contributed by atoms with Gasteiger partial charge in [-0.3, -0.25) is 24.1 Å². The molecule has 0 saturated heterocycles. The number of rotatable bonds is 9. The van der Waals surface area contributed by atoms with Gasteiger partial charge in [0.2, 0.25) is 11.8 Å². The number of nitrogens with zero attached hydrogens (tertiary/aromatic N) is 2. The van der Waals surface area contributed by atoms with Crippen LogP contribution in [0.1, 0.15) is 22.8 Å². The third kappa shape index (κ3) is 5.45. The van der Waals surface area contributed by atoms with Crippen molar-refractivity contribution in [2.24, 2.45) is 0 Å². The van der Waals surface area contributed by atoms with Crippen LogP contribution < -0.4 is 19.7 Å². The molecule has 1 aliphatic heterocycles. The van der Waals surface area contributed by atoms with Crippen LogP contribution >= 0.6 is 0 Å². The molecule has 190 valence electrons. The van der Waals surface area contributed by atoms with Gasteiger partial charge in [-0.15, -0.1) is 0 Å². The molecule has 1 unspecified atom stereocenters. The lowest BCUT2D eigenvalue weighted by Gasteiger charge is -2.30. The molecule has 0 aliphatic carbocycles. The minimum Gasteiger partial charge on any atom is -0.497 e. The molecule has 0 fully saturated rings. The van der Waals surface area contributed by atoms with Gasteiger partial charge in [0.1, 0.15) is 24.1 Å². The van der Waals surface area contributed by atoms with Crippen molar-refractivity contribution in [1.29, 1.82) is 0 Å². The number of Topliss-reactive ketones (excluding diaryl/α,β-unsaturated/α-hetero) is 1. The number of hydrogen-bond acceptors (Lipinski definition) is 6. The largest absolute Gasteiger partial charge is 0.497 e. The fourth-order valence-corrected chi connectivity index (χ4v) is 4.06. The zero-order valence-electron chi connectivity index (χ0n) is 20.8. The van der Waals surface area contributed by atoms with Gasteiger partial charge in [-0.1, -0.05) is 24.3 Å². The van der Waals surface area contributed by atoms with Crippen LogP contribution in [0, 0.1) is 0 Å². The van der Waals surface area contributed by atoms with Crippen molar-refractivity contribution in [3.8, 4) is 11.5 Å². The molecule has 1 heterocycles. The minimum absolute atomic E-state index is 0.109. The highest BCUT2D eigenvalue weighted by Crippen LogP contribution is 2.28. The maximum absolute atomic E-state index is 13.6. The molecule has 9 heteroatoms. The monoisotopic (exact) mass is 501 g/mol. The van der Waals surface area contributed by atoms with Crippen LogP contribution in [0.25, 0.3) is 0 Å². The maximum atomic E-state index is 13.6. The molecule has 0 radical (unpaired) electrons. The summed E-state index contributed by atoms with van der Waals surface area (Å²) in [6, 6.07) is 19.6. The minimum atomic E-state index is -0.889. The summed E-state index contributed by atoms with van der Waals surface area (Å²) < 4.78 is 10.4. The summed E-state index contributed by atoms with van der Waals surface area (Å²) in [6.07, 6.45) is 0. The number of anilines is 2. The van der Waals surface area contributed by atoms with Crippen molar-refractivity contribution in [2.75, 3.05) is 31.0 Å². The molecule has 3 amide bonds. The van der Waals surface area contributed by atoms with Gasteiger partial charge in [0.05, 0.1) is 25.5 Å². The van der Waals surface area contributed by atoms with Crippen LogP contribution in [-0.4, -0.2) is 55.2 Å². The highest BCUT2D eigenvalue weighted by molar-refractivity contribution is 6.52. The van der Waals surface area contributed by atoms with E-state index in [0.717, 1.165) is 10.5 Å². The number of para-hydroxylation sites is 1. The van der Waals surface area contributed by atoms with Gasteiger partial charge in [-0.25, -0.2) is 0 Å². The number of fused-ring (bicyclic) bond motifs is 1. The average Bonchev–Trinajstić information content (AvgIpc) is 3.16. The molecule has 1 aliphatic rings. The van der Waals surface area contributed by atoms with E-state index >= 15 is 0 Å². The Morgan fingerprint density at radius 3 is 2.11 bits per heavy atom. The number of hydrogen-bond donors (Lipinski definition) is 1. The van der Waals surface area contributed by atoms with Crippen molar-refractivity contribution >= 4 is 34.9 Å². The number of carbonyl (C=O) groups excluding carboxylic acids is 4. The fraction of sp³-hybridized carbons (Fsp3) is 0.214. The number of benzene rings is 3. The predicted molar refractivity (Wildman–Crippen MR) is 138 cm³/mol. The molecule has 9 nitrogen and oxygen atoms in total. The normalized spacial score (nSPS) is 13.1. The molecule has 37 heavy (non-hydrogen) atoms. The van der Waals surface area contributed by atoms with Crippen molar-refractivity contribution in [1.82, 2.24) is 4.90 Å². The van der Waals surface area contributed by atoms with E-state index in [2.05, 4.69) is 5.32 Å². The molecular formula is C28H27N3O6. The van der Waals surface area contributed by atoms with Gasteiger partial charge in [0.15, 0.2) is 0 Å². The zero-order chi connectivity index (χ0) is 26.5. The van der Waals surface area contributed by atoms with E-state index in [4.69, 9.17) is 9.47 Å². The lowest BCUT2D eigenvalue weighted by atomic mass is 10.1. The van der Waals surface area contributed by atoms with E-state index in [1.807, 2.05) is 0 Å². The Bertz CT molecular complexity index is 1320. The topological polar surface area (TPSA) is 105 Å². The fourth-order valence-electron chi connectivity index (χ4n) is 4.06. The maximum Gasteiger partial charge on any atom is 0.299 e. The van der Waals surface area contributed by atoms with Gasteiger partial charge >= 0.3 is 0 Å². The molecule has 4 rings (SSSR count). The van der Waals surface area contributed by atoms with Crippen molar-refractivity contribution < 1.29 is 28.7 Å². The predicted octanol–water partition coefficient (Wildman–Crippen LogP) is 3.29. The number of amides is 3. The lowest BCUT2D eigenvalue weighted by molar-refractivity contribution is -0.138. The van der Waals surface area contributed by atoms with E-state index in [1.54, 1.807) is 93.9 Å². The van der Waals surface area contributed by atoms with Crippen LogP contribution in [0.2, 0.25) is 0 Å². The Kier molecular flexibility index (Phi) is 7.52. The summed E-state index contributed by atoms with van der Waals surface area (Å²) in [7, 11) is 3.11. The van der Waals surface area contributed by atoms with E-state index in [9.17, 15) is 19.2 Å². The summed E-state index contributed by atoms with van der Waals surface area (Å²) in [4.78, 5) is 54.3. The molecule has 0 spiro atoms. The molecule has 3 aromatic rings. The molecular weight excluding hydrogens is 474 g/mol. The lowest BCUT2D eigenvalue weighted by Crippen LogP contribution is -2.49. The molecule has 1 atom stereocenters. The zero-order valence-corrected chi connectivity index (χ0v) is 20.8. The van der Waals surface area contributed by atoms with Crippen molar-refractivity contribution in [2.45, 2.75) is 19.5 Å². The smallest absolute Gasteiger partial charge is 0.299 e. The first-order chi connectivity index (χ1) is 17.8. The number of carbonyl (C=O) groups is 4. The van der Waals surface area contributed by atoms with Crippen molar-refractivity contribution in [3.63, 3.8) is 0 Å². The summed E-state index contributed by atoms with van der Waals surface area (Å²) in [6.45, 7) is 1.35. The molecule has 3 aromatic carbocycles. The second-order valence-electron chi connectivity index (χ2n) is 8.50. The number of nitrogens with one attached hydrogen (secondary N) is 1. The van der Waals surface area contributed by atoms with Crippen LogP contribution in [0.3, 0.4) is 0 Å². The third-order valence-corrected chi connectivity index (χ3v) is 6.21. The van der Waals surface area contributed by atoms with Crippen LogP contribution in [-0.2, 0) is 20.9 Å². The molecule has 0 aromatic heterocycles. The Hall–Kier alpha value is -4.66. The number of methoxy groups -OCH3 is 2. The summed E-state index contributed by atoms with van der Waals surface area (Å²) >= 11 is 0. The van der Waals surface area contributed by atoms with Gasteiger partial charge in [0.25, 0.3) is 11.7 Å². The van der Waals surface area contributed by atoms with Gasteiger partial charge < -0.3 is 19.7 Å². The molecule has 1 N–H and O–H groups in total. The quantitative estimate of drug-likeness (QED) is 0.451. The Morgan fingerprint density at radius 2 is 1.49 bits per heavy atom. The van der Waals surface area contributed by atoms with Crippen molar-refractivity contribution in [3.05, 3.63) is 83.9 Å². The Morgan fingerprint density at radius 1 is 0.892 bits per heavy atom. The number of ether oxygens (including phenoxy) is 2. The molecule has 0 bridgehead atoms. The van der Waals surface area contributed by atoms with E-state index in [1.165, 1.54) is 4.90 Å². The average molecular weight is 502 g/mol. The second kappa shape index (κ2) is 10.9. The first-order valence-electron chi connectivity index (χ1n) is 11.6. The first kappa shape index (κ1) is 25.4. The van der Waals surface area contributed by atoms with E-state index in [-0.39, 0.29) is 18.7 Å². The van der Waals surface area contributed by atoms with Crippen LogP contribution in [0.4, 0.5) is 11.4 Å². The van der Waals surface area contributed by atoms with Gasteiger partial charge in [0, 0.05) is 12.2 Å². The van der Waals surface area contributed by atoms with Gasteiger partial charge in [-0.2, -0.15) is 0 Å². The highest BCUT2D eigenvalue weighted by atomic mass is 16.5. The Balaban J connectivity index is 1.57. The SMILES string of the molecule is COc1ccc(CN(C(=O)CN2C(=O)C(=O)c3ccccc32)C(C)C(=O)Nc2ccc(OC)cc2)cc1. The van der Waals surface area contributed by atoms with E-state index < -0.39 is 29.5 Å².